The van der Waals surface area contributed by atoms with Gasteiger partial charge >= 0.3 is 0 Å². The molecule has 0 bridgehead atoms. The first-order valence-electron chi connectivity index (χ1n) is 4.51. The molecule has 5 heteroatoms. The van der Waals surface area contributed by atoms with Crippen LogP contribution in [0.1, 0.15) is 17.2 Å². The van der Waals surface area contributed by atoms with Gasteiger partial charge in [0.25, 0.3) is 0 Å². The molecule has 2 N–H and O–H groups in total. The summed E-state index contributed by atoms with van der Waals surface area (Å²) < 4.78 is 3.33. The molecule has 0 aliphatic heterocycles. The van der Waals surface area contributed by atoms with Gasteiger partial charge in [0.2, 0.25) is 0 Å². The number of hydrogen-bond acceptors (Lipinski definition) is 2. The lowest BCUT2D eigenvalue weighted by Gasteiger charge is -2.14. The van der Waals surface area contributed by atoms with E-state index >= 15 is 0 Å². The van der Waals surface area contributed by atoms with Gasteiger partial charge in [-0.05, 0) is 73.2 Å². The van der Waals surface area contributed by atoms with Crippen molar-refractivity contribution in [2.24, 2.45) is 5.73 Å². The summed E-state index contributed by atoms with van der Waals surface area (Å²) in [6.07, 6.45) is 0. The number of rotatable bonds is 2. The van der Waals surface area contributed by atoms with E-state index in [0.717, 1.165) is 20.1 Å². The molecule has 0 saturated carbocycles. The maximum absolute atomic E-state index is 6.27. The lowest BCUT2D eigenvalue weighted by atomic mass is 10.0. The van der Waals surface area contributed by atoms with Crippen LogP contribution in [-0.4, -0.2) is 0 Å². The van der Waals surface area contributed by atoms with Crippen molar-refractivity contribution in [1.82, 2.24) is 0 Å². The van der Waals surface area contributed by atoms with Gasteiger partial charge in [-0.25, -0.2) is 0 Å². The first-order valence-corrected chi connectivity index (χ1v) is 8.12. The van der Waals surface area contributed by atoms with Crippen molar-refractivity contribution >= 4 is 65.8 Å². The first kappa shape index (κ1) is 13.0. The third kappa shape index (κ3) is 2.69. The fourth-order valence-corrected chi connectivity index (χ4v) is 4.02. The van der Waals surface area contributed by atoms with Crippen molar-refractivity contribution in [3.63, 3.8) is 0 Å². The Kier molecular flexibility index (Phi) is 4.45. The fraction of sp³-hybridized carbons (Fsp3) is 0.0909. The van der Waals surface area contributed by atoms with Crippen molar-refractivity contribution in [2.75, 3.05) is 0 Å². The zero-order chi connectivity index (χ0) is 11.7. The summed E-state index contributed by atoms with van der Waals surface area (Å²) in [4.78, 5) is 0. The van der Waals surface area contributed by atoms with Crippen LogP contribution in [0.15, 0.2) is 37.9 Å². The van der Waals surface area contributed by atoms with Gasteiger partial charge < -0.3 is 5.73 Å². The number of thiophene rings is 1. The van der Waals surface area contributed by atoms with Gasteiger partial charge in [0, 0.05) is 17.9 Å². The Morgan fingerprint density at radius 3 is 2.50 bits per heavy atom. The van der Waals surface area contributed by atoms with Gasteiger partial charge in [-0.15, -0.1) is 0 Å². The summed E-state index contributed by atoms with van der Waals surface area (Å²) >= 11 is 11.0. The number of nitrogens with two attached hydrogens (primary N) is 1. The van der Waals surface area contributed by atoms with E-state index < -0.39 is 0 Å². The maximum atomic E-state index is 6.27. The predicted molar refractivity (Wildman–Crippen MR) is 84.9 cm³/mol. The highest BCUT2D eigenvalue weighted by atomic mass is 127. The molecule has 1 aromatic carbocycles. The predicted octanol–water partition coefficient (Wildman–Crippen LogP) is 4.93. The van der Waals surface area contributed by atoms with Gasteiger partial charge in [-0.3, -0.25) is 0 Å². The second-order valence-corrected chi connectivity index (χ2v) is 7.02. The summed E-state index contributed by atoms with van der Waals surface area (Å²) in [6.45, 7) is 0. The molecule has 0 amide bonds. The standard InChI is InChI=1S/C11H8Br2INS/c12-9-2-1-6(14)3-7(9)11(15)8-4-16-5-10(8)13/h1-5,11H,15H2. The van der Waals surface area contributed by atoms with Crippen LogP contribution < -0.4 is 5.73 Å². The molecule has 0 aliphatic rings. The molecule has 0 aliphatic carbocycles. The second-order valence-electron chi connectivity index (χ2n) is 3.32. The molecule has 0 radical (unpaired) electrons. The van der Waals surface area contributed by atoms with Crippen LogP contribution >= 0.6 is 65.8 Å². The average molecular weight is 473 g/mol. The summed E-state index contributed by atoms with van der Waals surface area (Å²) in [5.74, 6) is 0. The normalized spacial score (nSPS) is 12.8. The Hall–Kier alpha value is 0.570. The molecular weight excluding hydrogens is 465 g/mol. The van der Waals surface area contributed by atoms with Crippen molar-refractivity contribution < 1.29 is 0 Å². The van der Waals surface area contributed by atoms with Crippen molar-refractivity contribution in [3.8, 4) is 0 Å². The van der Waals surface area contributed by atoms with Crippen molar-refractivity contribution in [3.05, 3.63) is 52.6 Å². The number of hydrogen-bond donors (Lipinski definition) is 1. The lowest BCUT2D eigenvalue weighted by molar-refractivity contribution is 0.865. The van der Waals surface area contributed by atoms with Crippen molar-refractivity contribution in [1.29, 1.82) is 0 Å². The van der Waals surface area contributed by atoms with Crippen LogP contribution in [-0.2, 0) is 0 Å². The highest BCUT2D eigenvalue weighted by molar-refractivity contribution is 14.1. The summed E-state index contributed by atoms with van der Waals surface area (Å²) in [7, 11) is 0. The zero-order valence-corrected chi connectivity index (χ0v) is 14.2. The largest absolute Gasteiger partial charge is 0.320 e. The average Bonchev–Trinajstić information content (AvgIpc) is 2.67. The number of halogens is 3. The molecular formula is C11H8Br2INS. The Morgan fingerprint density at radius 1 is 1.12 bits per heavy atom. The smallest absolute Gasteiger partial charge is 0.0582 e. The van der Waals surface area contributed by atoms with E-state index in [1.165, 1.54) is 3.57 Å². The minimum absolute atomic E-state index is 0.0929. The Labute approximate surface area is 129 Å². The van der Waals surface area contributed by atoms with Gasteiger partial charge in [0.05, 0.1) is 6.04 Å². The van der Waals surface area contributed by atoms with E-state index in [9.17, 15) is 0 Å². The van der Waals surface area contributed by atoms with Gasteiger partial charge in [-0.2, -0.15) is 11.3 Å². The van der Waals surface area contributed by atoms with E-state index in [-0.39, 0.29) is 6.04 Å². The van der Waals surface area contributed by atoms with Gasteiger partial charge in [0.1, 0.15) is 0 Å². The van der Waals surface area contributed by atoms with Gasteiger partial charge in [-0.1, -0.05) is 15.9 Å². The Balaban J connectivity index is 2.45. The quantitative estimate of drug-likeness (QED) is 0.616. The summed E-state index contributed by atoms with van der Waals surface area (Å²) in [5, 5.41) is 4.14. The molecule has 2 rings (SSSR count). The fourth-order valence-electron chi connectivity index (χ4n) is 1.43. The molecule has 1 unspecified atom stereocenters. The topological polar surface area (TPSA) is 26.0 Å². The van der Waals surface area contributed by atoms with Crippen LogP contribution in [0.3, 0.4) is 0 Å². The minimum atomic E-state index is -0.0929. The third-order valence-corrected chi connectivity index (χ3v) is 5.42. The molecule has 1 heterocycles. The van der Waals surface area contributed by atoms with E-state index in [1.54, 1.807) is 11.3 Å². The molecule has 0 spiro atoms. The monoisotopic (exact) mass is 471 g/mol. The zero-order valence-electron chi connectivity index (χ0n) is 8.08. The minimum Gasteiger partial charge on any atom is -0.320 e. The second kappa shape index (κ2) is 5.48. The van der Waals surface area contributed by atoms with E-state index in [0.29, 0.717) is 0 Å². The van der Waals surface area contributed by atoms with E-state index in [1.807, 2.05) is 6.07 Å². The molecule has 1 atom stereocenters. The van der Waals surface area contributed by atoms with Crippen LogP contribution in [0.4, 0.5) is 0 Å². The molecule has 84 valence electrons. The van der Waals surface area contributed by atoms with Crippen LogP contribution in [0.2, 0.25) is 0 Å². The third-order valence-electron chi connectivity index (χ3n) is 2.27. The number of benzene rings is 1. The van der Waals surface area contributed by atoms with Gasteiger partial charge in [0.15, 0.2) is 0 Å². The molecule has 16 heavy (non-hydrogen) atoms. The molecule has 0 saturated heterocycles. The Morgan fingerprint density at radius 2 is 1.88 bits per heavy atom. The summed E-state index contributed by atoms with van der Waals surface area (Å²) in [5.41, 5.74) is 8.52. The van der Waals surface area contributed by atoms with Crippen LogP contribution in [0.5, 0.6) is 0 Å². The molecule has 1 nitrogen and oxygen atoms in total. The van der Waals surface area contributed by atoms with E-state index in [4.69, 9.17) is 5.73 Å². The van der Waals surface area contributed by atoms with Crippen LogP contribution in [0, 0.1) is 3.57 Å². The molecule has 1 aromatic heterocycles. The van der Waals surface area contributed by atoms with Crippen LogP contribution in [0.25, 0.3) is 0 Å². The lowest BCUT2D eigenvalue weighted by Crippen LogP contribution is -2.12. The Bertz CT molecular complexity index is 512. The highest BCUT2D eigenvalue weighted by Crippen LogP contribution is 2.33. The SMILES string of the molecule is NC(c1cscc1Br)c1cc(I)ccc1Br. The highest BCUT2D eigenvalue weighted by Gasteiger charge is 2.15. The first-order chi connectivity index (χ1) is 7.59. The molecule has 0 fully saturated rings. The summed E-state index contributed by atoms with van der Waals surface area (Å²) in [6, 6.07) is 6.12. The maximum Gasteiger partial charge on any atom is 0.0582 e. The molecule has 2 aromatic rings. The van der Waals surface area contributed by atoms with Crippen molar-refractivity contribution in [2.45, 2.75) is 6.04 Å². The van der Waals surface area contributed by atoms with E-state index in [2.05, 4.69) is 77.3 Å².